The molecule has 0 radical (unpaired) electrons. The number of amides is 2. The number of urea groups is 1. The van der Waals surface area contributed by atoms with E-state index in [2.05, 4.69) is 27.9 Å². The molecule has 0 unspecified atom stereocenters. The number of carbonyl (C=O) groups excluding carboxylic acids is 1. The molecule has 27 heavy (non-hydrogen) atoms. The number of halogens is 1. The monoisotopic (exact) mass is 364 g/mol. The third kappa shape index (κ3) is 4.00. The van der Waals surface area contributed by atoms with Crippen LogP contribution in [0.1, 0.15) is 35.7 Å². The van der Waals surface area contributed by atoms with Crippen LogP contribution in [0.2, 0.25) is 0 Å². The molecule has 2 aromatic carbocycles. The first-order valence-electron chi connectivity index (χ1n) is 9.10. The van der Waals surface area contributed by atoms with E-state index >= 15 is 0 Å². The van der Waals surface area contributed by atoms with Gasteiger partial charge in [0, 0.05) is 16.9 Å². The SMILES string of the molecule is O=C(Nc1ccc(F)cc1)N[C@H]1CCCc2c1cnn2Cc1ccccc1. The van der Waals surface area contributed by atoms with Crippen molar-refractivity contribution in [1.82, 2.24) is 15.1 Å². The maximum Gasteiger partial charge on any atom is 0.319 e. The second-order valence-corrected chi connectivity index (χ2v) is 6.74. The molecule has 1 aromatic heterocycles. The number of rotatable bonds is 4. The zero-order chi connectivity index (χ0) is 18.6. The summed E-state index contributed by atoms with van der Waals surface area (Å²) in [7, 11) is 0. The highest BCUT2D eigenvalue weighted by Gasteiger charge is 2.25. The molecule has 1 atom stereocenters. The molecule has 1 aliphatic rings. The maximum absolute atomic E-state index is 13.0. The van der Waals surface area contributed by atoms with Gasteiger partial charge >= 0.3 is 6.03 Å². The number of benzene rings is 2. The molecule has 6 heteroatoms. The van der Waals surface area contributed by atoms with E-state index in [0.29, 0.717) is 5.69 Å². The summed E-state index contributed by atoms with van der Waals surface area (Å²) in [5.41, 5.74) is 4.01. The first-order valence-corrected chi connectivity index (χ1v) is 9.10. The molecule has 4 rings (SSSR count). The zero-order valence-electron chi connectivity index (χ0n) is 14.9. The van der Waals surface area contributed by atoms with Gasteiger partial charge in [0.2, 0.25) is 0 Å². The van der Waals surface area contributed by atoms with Gasteiger partial charge in [-0.25, -0.2) is 9.18 Å². The molecule has 0 saturated heterocycles. The van der Waals surface area contributed by atoms with Crippen LogP contribution < -0.4 is 10.6 Å². The molecule has 0 fully saturated rings. The molecule has 138 valence electrons. The number of hydrogen-bond donors (Lipinski definition) is 2. The van der Waals surface area contributed by atoms with E-state index in [1.807, 2.05) is 29.1 Å². The van der Waals surface area contributed by atoms with Gasteiger partial charge in [0.05, 0.1) is 18.8 Å². The fraction of sp³-hybridized carbons (Fsp3) is 0.238. The van der Waals surface area contributed by atoms with Crippen molar-refractivity contribution in [1.29, 1.82) is 0 Å². The summed E-state index contributed by atoms with van der Waals surface area (Å²) in [4.78, 5) is 12.3. The van der Waals surface area contributed by atoms with Gasteiger partial charge < -0.3 is 10.6 Å². The summed E-state index contributed by atoms with van der Waals surface area (Å²) in [5, 5.41) is 10.3. The number of nitrogens with zero attached hydrogens (tertiary/aromatic N) is 2. The lowest BCUT2D eigenvalue weighted by atomic mass is 9.93. The molecule has 2 amide bonds. The largest absolute Gasteiger partial charge is 0.331 e. The molecular weight excluding hydrogens is 343 g/mol. The van der Waals surface area contributed by atoms with Crippen molar-refractivity contribution in [2.75, 3.05) is 5.32 Å². The average Bonchev–Trinajstić information content (AvgIpc) is 3.08. The van der Waals surface area contributed by atoms with Crippen LogP contribution in [0.15, 0.2) is 60.8 Å². The Morgan fingerprint density at radius 1 is 1.15 bits per heavy atom. The minimum atomic E-state index is -0.330. The molecule has 0 saturated carbocycles. The van der Waals surface area contributed by atoms with Crippen LogP contribution in [0, 0.1) is 5.82 Å². The number of fused-ring (bicyclic) bond motifs is 1. The highest BCUT2D eigenvalue weighted by Crippen LogP contribution is 2.30. The molecule has 0 aliphatic heterocycles. The van der Waals surface area contributed by atoms with E-state index in [9.17, 15) is 9.18 Å². The standard InChI is InChI=1S/C21H21FN4O/c22-16-9-11-17(12-10-16)24-21(27)25-19-7-4-8-20-18(19)13-23-26(20)14-15-5-2-1-3-6-15/h1-3,5-6,9-13,19H,4,7-8,14H2,(H2,24,25,27)/t19-/m0/s1. The van der Waals surface area contributed by atoms with E-state index in [1.54, 1.807) is 12.1 Å². The van der Waals surface area contributed by atoms with Crippen molar-refractivity contribution >= 4 is 11.7 Å². The second-order valence-electron chi connectivity index (χ2n) is 6.74. The normalized spacial score (nSPS) is 15.8. The van der Waals surface area contributed by atoms with E-state index in [4.69, 9.17) is 0 Å². The molecule has 0 spiro atoms. The molecule has 3 aromatic rings. The smallest absolute Gasteiger partial charge is 0.319 e. The predicted molar refractivity (Wildman–Crippen MR) is 102 cm³/mol. The fourth-order valence-corrected chi connectivity index (χ4v) is 3.52. The van der Waals surface area contributed by atoms with Gasteiger partial charge in [0.25, 0.3) is 0 Å². The third-order valence-corrected chi connectivity index (χ3v) is 4.85. The van der Waals surface area contributed by atoms with Crippen LogP contribution in [0.4, 0.5) is 14.9 Å². The van der Waals surface area contributed by atoms with E-state index in [-0.39, 0.29) is 17.9 Å². The molecule has 5 nitrogen and oxygen atoms in total. The Kier molecular flexibility index (Phi) is 4.87. The van der Waals surface area contributed by atoms with Crippen molar-refractivity contribution in [3.8, 4) is 0 Å². The summed E-state index contributed by atoms with van der Waals surface area (Å²) in [6.07, 6.45) is 4.69. The third-order valence-electron chi connectivity index (χ3n) is 4.85. The first kappa shape index (κ1) is 17.3. The number of hydrogen-bond acceptors (Lipinski definition) is 2. The van der Waals surface area contributed by atoms with Gasteiger partial charge in [0.1, 0.15) is 5.82 Å². The second kappa shape index (κ2) is 7.61. The molecule has 1 aliphatic carbocycles. The van der Waals surface area contributed by atoms with Crippen molar-refractivity contribution in [3.05, 3.63) is 83.4 Å². The van der Waals surface area contributed by atoms with Crippen molar-refractivity contribution < 1.29 is 9.18 Å². The van der Waals surface area contributed by atoms with Gasteiger partial charge in [-0.2, -0.15) is 5.10 Å². The van der Waals surface area contributed by atoms with E-state index < -0.39 is 0 Å². The van der Waals surface area contributed by atoms with Gasteiger partial charge in [0.15, 0.2) is 0 Å². The molecular formula is C21H21FN4O. The Morgan fingerprint density at radius 3 is 2.70 bits per heavy atom. The summed E-state index contributed by atoms with van der Waals surface area (Å²) >= 11 is 0. The van der Waals surface area contributed by atoms with Crippen LogP contribution in [0.25, 0.3) is 0 Å². The van der Waals surface area contributed by atoms with Crippen molar-refractivity contribution in [2.24, 2.45) is 0 Å². The van der Waals surface area contributed by atoms with Gasteiger partial charge in [-0.05, 0) is 49.1 Å². The Hall–Kier alpha value is -3.15. The highest BCUT2D eigenvalue weighted by atomic mass is 19.1. The van der Waals surface area contributed by atoms with E-state index in [0.717, 1.165) is 31.4 Å². The van der Waals surface area contributed by atoms with Crippen LogP contribution in [-0.2, 0) is 13.0 Å². The van der Waals surface area contributed by atoms with Crippen LogP contribution >= 0.6 is 0 Å². The van der Waals surface area contributed by atoms with Crippen LogP contribution in [0.5, 0.6) is 0 Å². The minimum Gasteiger partial charge on any atom is -0.331 e. The van der Waals surface area contributed by atoms with Crippen LogP contribution in [-0.4, -0.2) is 15.8 Å². The quantitative estimate of drug-likeness (QED) is 0.726. The number of anilines is 1. The lowest BCUT2D eigenvalue weighted by molar-refractivity contribution is 0.247. The molecule has 1 heterocycles. The summed E-state index contributed by atoms with van der Waals surface area (Å²) in [6.45, 7) is 0.727. The zero-order valence-corrected chi connectivity index (χ0v) is 14.9. The number of carbonyl (C=O) groups is 1. The van der Waals surface area contributed by atoms with Gasteiger partial charge in [-0.1, -0.05) is 30.3 Å². The Morgan fingerprint density at radius 2 is 1.93 bits per heavy atom. The molecule has 0 bridgehead atoms. The maximum atomic E-state index is 13.0. The Bertz CT molecular complexity index is 921. The summed E-state index contributed by atoms with van der Waals surface area (Å²) in [6, 6.07) is 15.6. The summed E-state index contributed by atoms with van der Waals surface area (Å²) in [5.74, 6) is -0.330. The fourth-order valence-electron chi connectivity index (χ4n) is 3.52. The minimum absolute atomic E-state index is 0.0706. The van der Waals surface area contributed by atoms with Gasteiger partial charge in [-0.15, -0.1) is 0 Å². The summed E-state index contributed by atoms with van der Waals surface area (Å²) < 4.78 is 15.0. The topological polar surface area (TPSA) is 59.0 Å². The lowest BCUT2D eigenvalue weighted by Crippen LogP contribution is -2.34. The molecule has 2 N–H and O–H groups in total. The first-order chi connectivity index (χ1) is 13.2. The highest BCUT2D eigenvalue weighted by molar-refractivity contribution is 5.89. The lowest BCUT2D eigenvalue weighted by Gasteiger charge is -2.24. The van der Waals surface area contributed by atoms with Gasteiger partial charge in [-0.3, -0.25) is 4.68 Å². The average molecular weight is 364 g/mol. The predicted octanol–water partition coefficient (Wildman–Crippen LogP) is 4.27. The van der Waals surface area contributed by atoms with E-state index in [1.165, 1.54) is 23.4 Å². The van der Waals surface area contributed by atoms with Crippen LogP contribution in [0.3, 0.4) is 0 Å². The Balaban J connectivity index is 1.45. The number of aromatic nitrogens is 2. The number of nitrogens with one attached hydrogen (secondary N) is 2. The van der Waals surface area contributed by atoms with Crippen molar-refractivity contribution in [2.45, 2.75) is 31.8 Å². The van der Waals surface area contributed by atoms with Crippen molar-refractivity contribution in [3.63, 3.8) is 0 Å². The Labute approximate surface area is 157 Å².